The fraction of sp³-hybridized carbons (Fsp3) is 0.600. The van der Waals surface area contributed by atoms with Gasteiger partial charge in [-0.25, -0.2) is 0 Å². The molecule has 2 fully saturated rings. The average molecular weight is 412 g/mol. The summed E-state index contributed by atoms with van der Waals surface area (Å²) in [5.41, 5.74) is 0.317. The lowest BCUT2D eigenvalue weighted by atomic mass is 10.00. The van der Waals surface area contributed by atoms with Crippen LogP contribution in [0.1, 0.15) is 49.9 Å². The molecule has 0 aromatic heterocycles. The lowest BCUT2D eigenvalue weighted by Crippen LogP contribution is -2.54. The Balaban J connectivity index is 1.57. The average Bonchev–Trinajstić information content (AvgIpc) is 3.44. The molecule has 1 atom stereocenters. The summed E-state index contributed by atoms with van der Waals surface area (Å²) >= 11 is 12.0. The molecule has 148 valence electrons. The highest BCUT2D eigenvalue weighted by molar-refractivity contribution is 6.36. The first-order valence-corrected chi connectivity index (χ1v) is 10.4. The molecule has 1 heterocycles. The van der Waals surface area contributed by atoms with Gasteiger partial charge in [0.1, 0.15) is 6.04 Å². The van der Waals surface area contributed by atoms with Crippen LogP contribution in [0.5, 0.6) is 0 Å². The number of amides is 2. The normalized spacial score (nSPS) is 19.7. The Bertz CT molecular complexity index is 698. The molecule has 27 heavy (non-hydrogen) atoms. The summed E-state index contributed by atoms with van der Waals surface area (Å²) in [7, 11) is 0. The number of benzene rings is 1. The predicted molar refractivity (Wildman–Crippen MR) is 108 cm³/mol. The molecule has 3 rings (SSSR count). The van der Waals surface area contributed by atoms with Gasteiger partial charge in [0.25, 0.3) is 5.91 Å². The highest BCUT2D eigenvalue weighted by Crippen LogP contribution is 2.29. The van der Waals surface area contributed by atoms with Crippen LogP contribution in [-0.2, 0) is 4.79 Å². The van der Waals surface area contributed by atoms with Crippen molar-refractivity contribution in [3.63, 3.8) is 0 Å². The molecule has 0 bridgehead atoms. The van der Waals surface area contributed by atoms with Gasteiger partial charge in [-0.3, -0.25) is 9.59 Å². The van der Waals surface area contributed by atoms with Crippen molar-refractivity contribution < 1.29 is 9.59 Å². The van der Waals surface area contributed by atoms with E-state index in [4.69, 9.17) is 23.2 Å². The van der Waals surface area contributed by atoms with E-state index in [2.05, 4.69) is 15.5 Å². The van der Waals surface area contributed by atoms with Crippen LogP contribution >= 0.6 is 23.2 Å². The zero-order chi connectivity index (χ0) is 19.6. The zero-order valence-electron chi connectivity index (χ0n) is 15.8. The number of carbonyl (C=O) groups is 2. The Kier molecular flexibility index (Phi) is 6.66. The van der Waals surface area contributed by atoms with Gasteiger partial charge in [-0.15, -0.1) is 0 Å². The lowest BCUT2D eigenvalue weighted by Gasteiger charge is -2.33. The molecule has 1 saturated heterocycles. The largest absolute Gasteiger partial charge is 0.351 e. The minimum Gasteiger partial charge on any atom is -0.351 e. The third-order valence-electron chi connectivity index (χ3n) is 5.35. The summed E-state index contributed by atoms with van der Waals surface area (Å²) in [4.78, 5) is 27.9. The van der Waals surface area contributed by atoms with E-state index in [1.165, 1.54) is 18.9 Å². The van der Waals surface area contributed by atoms with Gasteiger partial charge in [-0.2, -0.15) is 0 Å². The molecule has 1 unspecified atom stereocenters. The fourth-order valence-corrected chi connectivity index (χ4v) is 4.06. The number of hydrogen-bond acceptors (Lipinski definition) is 3. The monoisotopic (exact) mass is 411 g/mol. The molecule has 2 N–H and O–H groups in total. The quantitative estimate of drug-likeness (QED) is 0.752. The van der Waals surface area contributed by atoms with E-state index in [1.54, 1.807) is 12.1 Å². The van der Waals surface area contributed by atoms with Crippen molar-refractivity contribution in [2.75, 3.05) is 13.1 Å². The van der Waals surface area contributed by atoms with Crippen LogP contribution in [0.3, 0.4) is 0 Å². The maximum atomic E-state index is 12.8. The smallest absolute Gasteiger partial charge is 0.253 e. The third kappa shape index (κ3) is 5.37. The van der Waals surface area contributed by atoms with Crippen molar-refractivity contribution in [2.24, 2.45) is 5.92 Å². The molecule has 0 spiro atoms. The molecule has 5 nitrogen and oxygen atoms in total. The van der Waals surface area contributed by atoms with E-state index in [1.807, 2.05) is 13.8 Å². The van der Waals surface area contributed by atoms with Gasteiger partial charge in [0.2, 0.25) is 5.91 Å². The number of piperidine rings is 1. The standard InChI is InChI=1S/C20H27Cl2N3O2/c1-12(2)18(24-19(26)16-6-3-13(21)11-17(16)22)20(27)23-14-7-9-25(10-8-14)15-4-5-15/h3,6,11-12,14-15,18H,4-5,7-10H2,1-2H3,(H,23,27)(H,24,26). The molecule has 1 aromatic carbocycles. The van der Waals surface area contributed by atoms with Gasteiger partial charge in [-0.05, 0) is 49.8 Å². The lowest BCUT2D eigenvalue weighted by molar-refractivity contribution is -0.125. The first kappa shape index (κ1) is 20.4. The van der Waals surface area contributed by atoms with Crippen molar-refractivity contribution in [2.45, 2.75) is 57.7 Å². The number of nitrogens with zero attached hydrogens (tertiary/aromatic N) is 1. The number of carbonyl (C=O) groups excluding carboxylic acids is 2. The molecule has 2 aliphatic rings. The van der Waals surface area contributed by atoms with Gasteiger partial charge in [0.15, 0.2) is 0 Å². The van der Waals surface area contributed by atoms with Crippen LogP contribution in [0, 0.1) is 5.92 Å². The van der Waals surface area contributed by atoms with Crippen LogP contribution in [0.4, 0.5) is 0 Å². The number of likely N-dealkylation sites (tertiary alicyclic amines) is 1. The summed E-state index contributed by atoms with van der Waals surface area (Å²) in [5.74, 6) is -0.533. The summed E-state index contributed by atoms with van der Waals surface area (Å²) in [6.45, 7) is 5.91. The van der Waals surface area contributed by atoms with Gasteiger partial charge in [-0.1, -0.05) is 37.0 Å². The SMILES string of the molecule is CC(C)C(NC(=O)c1ccc(Cl)cc1Cl)C(=O)NC1CCN(C2CC2)CC1. The Morgan fingerprint density at radius 3 is 2.33 bits per heavy atom. The van der Waals surface area contributed by atoms with Crippen LogP contribution in [-0.4, -0.2) is 47.9 Å². The van der Waals surface area contributed by atoms with Crippen LogP contribution in [0.2, 0.25) is 10.0 Å². The highest BCUT2D eigenvalue weighted by Gasteiger charge is 2.33. The molecule has 1 aliphatic heterocycles. The van der Waals surface area contributed by atoms with Crippen LogP contribution in [0.25, 0.3) is 0 Å². The minimum absolute atomic E-state index is 0.0356. The molecule has 1 saturated carbocycles. The first-order chi connectivity index (χ1) is 12.8. The van der Waals surface area contributed by atoms with Gasteiger partial charge < -0.3 is 15.5 Å². The van der Waals surface area contributed by atoms with Crippen LogP contribution in [0.15, 0.2) is 18.2 Å². The van der Waals surface area contributed by atoms with E-state index in [0.29, 0.717) is 10.6 Å². The third-order valence-corrected chi connectivity index (χ3v) is 5.90. The summed E-state index contributed by atoms with van der Waals surface area (Å²) in [6, 6.07) is 5.04. The maximum absolute atomic E-state index is 12.8. The van der Waals surface area contributed by atoms with E-state index in [-0.39, 0.29) is 28.8 Å². The molecule has 1 aromatic rings. The maximum Gasteiger partial charge on any atom is 0.253 e. The molecule has 0 radical (unpaired) electrons. The second-order valence-electron chi connectivity index (χ2n) is 7.87. The zero-order valence-corrected chi connectivity index (χ0v) is 17.3. The molecular formula is C20H27Cl2N3O2. The molecule has 7 heteroatoms. The molecule has 1 aliphatic carbocycles. The Labute approximate surface area is 170 Å². The highest BCUT2D eigenvalue weighted by atomic mass is 35.5. The van der Waals surface area contributed by atoms with Crippen LogP contribution < -0.4 is 10.6 Å². The minimum atomic E-state index is -0.606. The number of halogens is 2. The summed E-state index contributed by atoms with van der Waals surface area (Å²) < 4.78 is 0. The van der Waals surface area contributed by atoms with E-state index in [0.717, 1.165) is 32.0 Å². The summed E-state index contributed by atoms with van der Waals surface area (Å²) in [5, 5.41) is 6.70. The number of rotatable bonds is 6. The number of hydrogen-bond donors (Lipinski definition) is 2. The second-order valence-corrected chi connectivity index (χ2v) is 8.71. The molecular weight excluding hydrogens is 385 g/mol. The molecule has 2 amide bonds. The van der Waals surface area contributed by atoms with Crippen molar-refractivity contribution in [3.05, 3.63) is 33.8 Å². The predicted octanol–water partition coefficient (Wildman–Crippen LogP) is 3.49. The second kappa shape index (κ2) is 8.80. The van der Waals surface area contributed by atoms with E-state index < -0.39 is 6.04 Å². The van der Waals surface area contributed by atoms with Gasteiger partial charge in [0.05, 0.1) is 10.6 Å². The number of nitrogens with one attached hydrogen (secondary N) is 2. The topological polar surface area (TPSA) is 61.4 Å². The van der Waals surface area contributed by atoms with E-state index >= 15 is 0 Å². The van der Waals surface area contributed by atoms with Gasteiger partial charge in [0, 0.05) is 30.2 Å². The van der Waals surface area contributed by atoms with Crippen molar-refractivity contribution in [3.8, 4) is 0 Å². The summed E-state index contributed by atoms with van der Waals surface area (Å²) in [6.07, 6.45) is 4.55. The first-order valence-electron chi connectivity index (χ1n) is 9.65. The van der Waals surface area contributed by atoms with Gasteiger partial charge >= 0.3 is 0 Å². The Morgan fingerprint density at radius 1 is 1.11 bits per heavy atom. The van der Waals surface area contributed by atoms with Crippen molar-refractivity contribution in [1.82, 2.24) is 15.5 Å². The Hall–Kier alpha value is -1.30. The van der Waals surface area contributed by atoms with Crippen molar-refractivity contribution >= 4 is 35.0 Å². The fourth-order valence-electron chi connectivity index (χ4n) is 3.57. The Morgan fingerprint density at radius 2 is 1.78 bits per heavy atom. The van der Waals surface area contributed by atoms with Crippen molar-refractivity contribution in [1.29, 1.82) is 0 Å². The van der Waals surface area contributed by atoms with E-state index in [9.17, 15) is 9.59 Å².